The lowest BCUT2D eigenvalue weighted by molar-refractivity contribution is 0.370. The minimum absolute atomic E-state index is 0.243. The van der Waals surface area contributed by atoms with Crippen molar-refractivity contribution >= 4 is 0 Å². The maximum absolute atomic E-state index is 9.59. The van der Waals surface area contributed by atoms with Crippen LogP contribution >= 0.6 is 0 Å². The highest BCUT2D eigenvalue weighted by Crippen LogP contribution is 2.41. The normalized spacial score (nSPS) is 18.6. The summed E-state index contributed by atoms with van der Waals surface area (Å²) in [5, 5.41) is 12.7. The van der Waals surface area contributed by atoms with Gasteiger partial charge in [-0.05, 0) is 36.7 Å². The molecule has 3 heteroatoms. The van der Waals surface area contributed by atoms with Gasteiger partial charge in [0.25, 0.3) is 0 Å². The average Bonchev–Trinajstić information content (AvgIpc) is 2.17. The van der Waals surface area contributed by atoms with Crippen LogP contribution in [-0.2, 0) is 6.42 Å². The first-order chi connectivity index (χ1) is 6.76. The number of phenols is 1. The van der Waals surface area contributed by atoms with Crippen molar-refractivity contribution in [1.29, 1.82) is 0 Å². The van der Waals surface area contributed by atoms with E-state index in [-0.39, 0.29) is 5.75 Å². The van der Waals surface area contributed by atoms with Crippen LogP contribution in [0.2, 0.25) is 0 Å². The van der Waals surface area contributed by atoms with Gasteiger partial charge < -0.3 is 15.2 Å². The van der Waals surface area contributed by atoms with Crippen molar-refractivity contribution in [2.45, 2.75) is 12.3 Å². The Balaban J connectivity index is 2.26. The van der Waals surface area contributed by atoms with E-state index >= 15 is 0 Å². The van der Waals surface area contributed by atoms with Crippen molar-refractivity contribution < 1.29 is 9.84 Å². The highest BCUT2D eigenvalue weighted by Gasteiger charge is 2.27. The molecule has 0 radical (unpaired) electrons. The number of methoxy groups -OCH3 is 1. The largest absolute Gasteiger partial charge is 0.504 e. The molecule has 1 aromatic carbocycles. The van der Waals surface area contributed by atoms with Gasteiger partial charge in [-0.25, -0.2) is 0 Å². The van der Waals surface area contributed by atoms with Crippen molar-refractivity contribution in [3.05, 3.63) is 23.3 Å². The molecule has 1 aromatic rings. The zero-order valence-electron chi connectivity index (χ0n) is 8.50. The molecule has 0 spiro atoms. The van der Waals surface area contributed by atoms with Gasteiger partial charge in [-0.2, -0.15) is 0 Å². The summed E-state index contributed by atoms with van der Waals surface area (Å²) in [6.07, 6.45) is 1.08. The summed E-state index contributed by atoms with van der Waals surface area (Å²) in [7, 11) is 3.52. The van der Waals surface area contributed by atoms with E-state index in [1.807, 2.05) is 19.2 Å². The van der Waals surface area contributed by atoms with E-state index in [2.05, 4.69) is 5.32 Å². The van der Waals surface area contributed by atoms with Gasteiger partial charge >= 0.3 is 0 Å². The highest BCUT2D eigenvalue weighted by molar-refractivity contribution is 5.52. The predicted octanol–water partition coefficient (Wildman–Crippen LogP) is 1.26. The highest BCUT2D eigenvalue weighted by atomic mass is 16.5. The van der Waals surface area contributed by atoms with E-state index < -0.39 is 0 Å². The monoisotopic (exact) mass is 193 g/mol. The second kappa shape index (κ2) is 3.50. The Hall–Kier alpha value is -1.22. The van der Waals surface area contributed by atoms with Crippen LogP contribution < -0.4 is 10.1 Å². The van der Waals surface area contributed by atoms with E-state index in [0.717, 1.165) is 13.0 Å². The van der Waals surface area contributed by atoms with Gasteiger partial charge in [-0.15, -0.1) is 0 Å². The Morgan fingerprint density at radius 2 is 2.36 bits per heavy atom. The van der Waals surface area contributed by atoms with E-state index in [1.54, 1.807) is 7.11 Å². The standard InChI is InChI=1S/C11H15NO2/c1-12-6-8-3-7-4-11(14-2)10(13)5-9(7)8/h4-5,8,12-13H,3,6H2,1-2H3. The molecule has 0 bridgehead atoms. The molecule has 3 nitrogen and oxygen atoms in total. The fourth-order valence-corrected chi connectivity index (χ4v) is 2.02. The van der Waals surface area contributed by atoms with Crippen LogP contribution in [0, 0.1) is 0 Å². The first-order valence-electron chi connectivity index (χ1n) is 4.80. The van der Waals surface area contributed by atoms with Gasteiger partial charge in [0.15, 0.2) is 11.5 Å². The maximum atomic E-state index is 9.59. The van der Waals surface area contributed by atoms with E-state index in [9.17, 15) is 5.11 Å². The number of nitrogens with one attached hydrogen (secondary N) is 1. The zero-order valence-corrected chi connectivity index (χ0v) is 8.50. The number of rotatable bonds is 3. The summed E-state index contributed by atoms with van der Waals surface area (Å²) < 4.78 is 5.04. The molecule has 0 heterocycles. The third-order valence-corrected chi connectivity index (χ3v) is 2.80. The molecule has 0 aliphatic heterocycles. The summed E-state index contributed by atoms with van der Waals surface area (Å²) in [6.45, 7) is 0.971. The molecule has 1 unspecified atom stereocenters. The van der Waals surface area contributed by atoms with Crippen LogP contribution in [0.15, 0.2) is 12.1 Å². The molecular weight excluding hydrogens is 178 g/mol. The van der Waals surface area contributed by atoms with Crippen LogP contribution in [0.25, 0.3) is 0 Å². The average molecular weight is 193 g/mol. The van der Waals surface area contributed by atoms with Crippen molar-refractivity contribution in [2.24, 2.45) is 0 Å². The van der Waals surface area contributed by atoms with Crippen LogP contribution in [0.5, 0.6) is 11.5 Å². The lowest BCUT2D eigenvalue weighted by atomic mass is 9.77. The minimum Gasteiger partial charge on any atom is -0.504 e. The van der Waals surface area contributed by atoms with Gasteiger partial charge in [-0.1, -0.05) is 0 Å². The summed E-state index contributed by atoms with van der Waals surface area (Å²) in [6, 6.07) is 3.75. The van der Waals surface area contributed by atoms with Crippen LogP contribution in [0.1, 0.15) is 17.0 Å². The summed E-state index contributed by atoms with van der Waals surface area (Å²) >= 11 is 0. The molecule has 0 amide bonds. The predicted molar refractivity (Wildman–Crippen MR) is 55.0 cm³/mol. The lowest BCUT2D eigenvalue weighted by Gasteiger charge is -2.30. The Morgan fingerprint density at radius 3 is 3.00 bits per heavy atom. The molecule has 14 heavy (non-hydrogen) atoms. The van der Waals surface area contributed by atoms with Crippen molar-refractivity contribution in [1.82, 2.24) is 5.32 Å². The Kier molecular flexibility index (Phi) is 2.33. The van der Waals surface area contributed by atoms with E-state index in [1.165, 1.54) is 11.1 Å². The van der Waals surface area contributed by atoms with Crippen LogP contribution in [0.3, 0.4) is 0 Å². The second-order valence-corrected chi connectivity index (χ2v) is 3.68. The lowest BCUT2D eigenvalue weighted by Crippen LogP contribution is -2.26. The van der Waals surface area contributed by atoms with Crippen LogP contribution in [0.4, 0.5) is 0 Å². The minimum atomic E-state index is 0.243. The van der Waals surface area contributed by atoms with E-state index in [0.29, 0.717) is 11.7 Å². The number of benzene rings is 1. The molecule has 0 saturated carbocycles. The fourth-order valence-electron chi connectivity index (χ4n) is 2.02. The quantitative estimate of drug-likeness (QED) is 0.759. The summed E-state index contributed by atoms with van der Waals surface area (Å²) in [4.78, 5) is 0. The summed E-state index contributed by atoms with van der Waals surface area (Å²) in [5.74, 6) is 1.37. The van der Waals surface area contributed by atoms with Gasteiger partial charge in [0.05, 0.1) is 7.11 Å². The molecule has 1 aliphatic rings. The van der Waals surface area contributed by atoms with Crippen molar-refractivity contribution in [3.8, 4) is 11.5 Å². The SMILES string of the molecule is CNCC1Cc2cc(OC)c(O)cc21. The molecule has 1 atom stereocenters. The number of hydrogen-bond donors (Lipinski definition) is 2. The topological polar surface area (TPSA) is 41.5 Å². The second-order valence-electron chi connectivity index (χ2n) is 3.68. The molecule has 1 aliphatic carbocycles. The third kappa shape index (κ3) is 1.34. The van der Waals surface area contributed by atoms with Crippen molar-refractivity contribution in [3.63, 3.8) is 0 Å². The third-order valence-electron chi connectivity index (χ3n) is 2.80. The summed E-state index contributed by atoms with van der Waals surface area (Å²) in [5.41, 5.74) is 2.54. The van der Waals surface area contributed by atoms with Crippen molar-refractivity contribution in [2.75, 3.05) is 20.7 Å². The molecule has 2 rings (SSSR count). The molecule has 0 fully saturated rings. The Labute approximate surface area is 83.7 Å². The number of aromatic hydroxyl groups is 1. The molecule has 0 aromatic heterocycles. The van der Waals surface area contributed by atoms with Crippen LogP contribution in [-0.4, -0.2) is 25.8 Å². The first-order valence-corrected chi connectivity index (χ1v) is 4.80. The molecule has 76 valence electrons. The van der Waals surface area contributed by atoms with Gasteiger partial charge in [0.1, 0.15) is 0 Å². The number of fused-ring (bicyclic) bond motifs is 1. The molecule has 0 saturated heterocycles. The molecule has 2 N–H and O–H groups in total. The molecular formula is C11H15NO2. The number of ether oxygens (including phenoxy) is 1. The number of hydrogen-bond acceptors (Lipinski definition) is 3. The van der Waals surface area contributed by atoms with Gasteiger partial charge in [-0.3, -0.25) is 0 Å². The van der Waals surface area contributed by atoms with E-state index in [4.69, 9.17) is 4.74 Å². The zero-order chi connectivity index (χ0) is 10.1. The smallest absolute Gasteiger partial charge is 0.160 e. The van der Waals surface area contributed by atoms with Gasteiger partial charge in [0.2, 0.25) is 0 Å². The fraction of sp³-hybridized carbons (Fsp3) is 0.455. The Bertz CT molecular complexity index is 349. The maximum Gasteiger partial charge on any atom is 0.160 e. The Morgan fingerprint density at radius 1 is 1.57 bits per heavy atom. The first kappa shape index (κ1) is 9.34. The number of phenolic OH excluding ortho intramolecular Hbond substituents is 1. The van der Waals surface area contributed by atoms with Gasteiger partial charge in [0, 0.05) is 12.5 Å². The number of likely N-dealkylation sites (N-methyl/N-ethyl adjacent to an activating group) is 1.